The van der Waals surface area contributed by atoms with E-state index in [0.717, 1.165) is 38.5 Å². The molecule has 2 N–H and O–H groups in total. The van der Waals surface area contributed by atoms with Gasteiger partial charge < -0.3 is 10.6 Å². The predicted octanol–water partition coefficient (Wildman–Crippen LogP) is 2.00. The highest BCUT2D eigenvalue weighted by Gasteiger charge is 2.26. The molecule has 118 valence electrons. The zero-order chi connectivity index (χ0) is 15.2. The number of piperidine rings is 1. The van der Waals surface area contributed by atoms with Crippen LogP contribution < -0.4 is 10.6 Å². The van der Waals surface area contributed by atoms with Gasteiger partial charge >= 0.3 is 0 Å². The summed E-state index contributed by atoms with van der Waals surface area (Å²) >= 11 is 0. The second-order valence-corrected chi connectivity index (χ2v) is 7.08. The van der Waals surface area contributed by atoms with Crippen LogP contribution in [0.2, 0.25) is 0 Å². The van der Waals surface area contributed by atoms with Crippen molar-refractivity contribution in [3.63, 3.8) is 0 Å². The highest BCUT2D eigenvalue weighted by atomic mass is 16.2. The van der Waals surface area contributed by atoms with Gasteiger partial charge in [0.2, 0.25) is 5.91 Å². The van der Waals surface area contributed by atoms with E-state index in [0.29, 0.717) is 0 Å². The first-order valence-electron chi connectivity index (χ1n) is 8.10. The molecule has 0 aromatic rings. The van der Waals surface area contributed by atoms with Crippen LogP contribution in [0.25, 0.3) is 0 Å². The summed E-state index contributed by atoms with van der Waals surface area (Å²) in [6, 6.07) is 0.0121. The Hall–Kier alpha value is -0.610. The Morgan fingerprint density at radius 2 is 1.90 bits per heavy atom. The third-order valence-electron chi connectivity index (χ3n) is 4.05. The summed E-state index contributed by atoms with van der Waals surface area (Å²) in [7, 11) is 0. The molecule has 1 aliphatic rings. The van der Waals surface area contributed by atoms with E-state index in [9.17, 15) is 4.79 Å². The molecule has 0 aliphatic carbocycles. The van der Waals surface area contributed by atoms with Gasteiger partial charge in [-0.1, -0.05) is 6.92 Å². The van der Waals surface area contributed by atoms with E-state index in [1.165, 1.54) is 12.8 Å². The topological polar surface area (TPSA) is 44.4 Å². The van der Waals surface area contributed by atoms with Crippen LogP contribution in [-0.2, 0) is 4.79 Å². The van der Waals surface area contributed by atoms with E-state index >= 15 is 0 Å². The quantitative estimate of drug-likeness (QED) is 0.784. The van der Waals surface area contributed by atoms with Crippen LogP contribution in [0.1, 0.15) is 53.9 Å². The second-order valence-electron chi connectivity index (χ2n) is 7.08. The molecule has 1 saturated heterocycles. The molecule has 1 heterocycles. The first-order chi connectivity index (χ1) is 9.33. The lowest BCUT2D eigenvalue weighted by molar-refractivity contribution is -0.126. The average Bonchev–Trinajstić information content (AvgIpc) is 2.41. The molecule has 1 aliphatic heterocycles. The molecule has 1 amide bonds. The molecule has 0 aromatic carbocycles. The second kappa shape index (κ2) is 7.99. The van der Waals surface area contributed by atoms with E-state index in [-0.39, 0.29) is 17.5 Å². The third kappa shape index (κ3) is 6.23. The van der Waals surface area contributed by atoms with Gasteiger partial charge in [0.1, 0.15) is 0 Å². The number of rotatable bonds is 6. The number of hydrogen-bond donors (Lipinski definition) is 2. The van der Waals surface area contributed by atoms with E-state index in [1.807, 2.05) is 6.92 Å². The van der Waals surface area contributed by atoms with E-state index in [1.54, 1.807) is 0 Å². The maximum atomic E-state index is 12.0. The van der Waals surface area contributed by atoms with Gasteiger partial charge in [0.15, 0.2) is 0 Å². The van der Waals surface area contributed by atoms with Crippen molar-refractivity contribution in [2.45, 2.75) is 65.5 Å². The van der Waals surface area contributed by atoms with Gasteiger partial charge in [-0.05, 0) is 72.5 Å². The van der Waals surface area contributed by atoms with Crippen molar-refractivity contribution >= 4 is 5.91 Å². The summed E-state index contributed by atoms with van der Waals surface area (Å²) in [5, 5.41) is 6.58. The van der Waals surface area contributed by atoms with Gasteiger partial charge in [-0.15, -0.1) is 0 Å². The number of carbonyl (C=O) groups is 1. The summed E-state index contributed by atoms with van der Waals surface area (Å²) in [6.07, 6.45) is 3.38. The van der Waals surface area contributed by atoms with Crippen LogP contribution in [0.15, 0.2) is 0 Å². The summed E-state index contributed by atoms with van der Waals surface area (Å²) in [5.74, 6) is 0.925. The monoisotopic (exact) mass is 283 g/mol. The third-order valence-corrected chi connectivity index (χ3v) is 4.05. The molecule has 20 heavy (non-hydrogen) atoms. The van der Waals surface area contributed by atoms with Gasteiger partial charge in [-0.25, -0.2) is 0 Å². The number of nitrogens with one attached hydrogen (secondary N) is 2. The van der Waals surface area contributed by atoms with Crippen LogP contribution in [-0.4, -0.2) is 48.6 Å². The first kappa shape index (κ1) is 17.4. The Kier molecular flexibility index (Phi) is 6.96. The highest BCUT2D eigenvalue weighted by Crippen LogP contribution is 2.19. The van der Waals surface area contributed by atoms with Crippen molar-refractivity contribution in [1.82, 2.24) is 15.5 Å². The Bertz CT molecular complexity index is 291. The summed E-state index contributed by atoms with van der Waals surface area (Å²) in [5.41, 5.74) is 0.199. The number of nitrogens with zero attached hydrogens (tertiary/aromatic N) is 1. The van der Waals surface area contributed by atoms with Crippen molar-refractivity contribution in [3.05, 3.63) is 0 Å². The number of amides is 1. The van der Waals surface area contributed by atoms with E-state index < -0.39 is 0 Å². The zero-order valence-corrected chi connectivity index (χ0v) is 14.0. The van der Waals surface area contributed by atoms with Gasteiger partial charge in [-0.3, -0.25) is 9.69 Å². The van der Waals surface area contributed by atoms with Crippen LogP contribution in [0.3, 0.4) is 0 Å². The molecule has 4 nitrogen and oxygen atoms in total. The lowest BCUT2D eigenvalue weighted by atomic mass is 9.94. The van der Waals surface area contributed by atoms with Gasteiger partial charge in [0, 0.05) is 12.1 Å². The van der Waals surface area contributed by atoms with E-state index in [4.69, 9.17) is 0 Å². The Balaban J connectivity index is 2.29. The molecule has 0 bridgehead atoms. The molecule has 1 unspecified atom stereocenters. The van der Waals surface area contributed by atoms with Crippen LogP contribution in [0.5, 0.6) is 0 Å². The Labute approximate surface area is 124 Å². The fourth-order valence-corrected chi connectivity index (χ4v) is 2.56. The predicted molar refractivity (Wildman–Crippen MR) is 84.8 cm³/mol. The van der Waals surface area contributed by atoms with Crippen LogP contribution in [0, 0.1) is 5.92 Å². The van der Waals surface area contributed by atoms with Crippen molar-refractivity contribution in [1.29, 1.82) is 0 Å². The Morgan fingerprint density at radius 3 is 2.40 bits per heavy atom. The molecular formula is C16H33N3O. The average molecular weight is 283 g/mol. The molecular weight excluding hydrogens is 250 g/mol. The summed E-state index contributed by atoms with van der Waals surface area (Å²) in [4.78, 5) is 14.3. The maximum Gasteiger partial charge on any atom is 0.237 e. The van der Waals surface area contributed by atoms with E-state index in [2.05, 4.69) is 43.2 Å². The molecule has 1 atom stereocenters. The fraction of sp³-hybridized carbons (Fsp3) is 0.938. The molecule has 1 rings (SSSR count). The molecule has 0 aromatic heterocycles. The Morgan fingerprint density at radius 1 is 1.30 bits per heavy atom. The maximum absolute atomic E-state index is 12.0. The molecule has 0 radical (unpaired) electrons. The minimum absolute atomic E-state index is 0.0121. The fourth-order valence-electron chi connectivity index (χ4n) is 2.56. The lowest BCUT2D eigenvalue weighted by Crippen LogP contribution is -2.49. The number of hydrogen-bond acceptors (Lipinski definition) is 3. The largest absolute Gasteiger partial charge is 0.355 e. The van der Waals surface area contributed by atoms with Gasteiger partial charge in [0.05, 0.1) is 6.04 Å². The smallest absolute Gasteiger partial charge is 0.237 e. The first-order valence-corrected chi connectivity index (χ1v) is 8.10. The summed E-state index contributed by atoms with van der Waals surface area (Å²) < 4.78 is 0. The zero-order valence-electron chi connectivity index (χ0n) is 14.0. The minimum atomic E-state index is 0.0121. The normalized spacial score (nSPS) is 19.9. The SMILES string of the molecule is CCCNC(=O)C(C)N1CCC(CNC(C)(C)C)CC1. The highest BCUT2D eigenvalue weighted by molar-refractivity contribution is 5.81. The van der Waals surface area contributed by atoms with Crippen molar-refractivity contribution in [2.24, 2.45) is 5.92 Å². The summed E-state index contributed by atoms with van der Waals surface area (Å²) in [6.45, 7) is 14.7. The standard InChI is InChI=1S/C16H33N3O/c1-6-9-17-15(20)13(2)19-10-7-14(8-11-19)12-18-16(3,4)5/h13-14,18H,6-12H2,1-5H3,(H,17,20). The van der Waals surface area contributed by atoms with Crippen molar-refractivity contribution in [3.8, 4) is 0 Å². The lowest BCUT2D eigenvalue weighted by Gasteiger charge is -2.36. The van der Waals surface area contributed by atoms with Crippen LogP contribution >= 0.6 is 0 Å². The molecule has 0 spiro atoms. The van der Waals surface area contributed by atoms with Crippen molar-refractivity contribution in [2.75, 3.05) is 26.2 Å². The number of likely N-dealkylation sites (tertiary alicyclic amines) is 1. The number of carbonyl (C=O) groups excluding carboxylic acids is 1. The van der Waals surface area contributed by atoms with Gasteiger partial charge in [-0.2, -0.15) is 0 Å². The molecule has 4 heteroatoms. The van der Waals surface area contributed by atoms with Crippen LogP contribution in [0.4, 0.5) is 0 Å². The minimum Gasteiger partial charge on any atom is -0.355 e. The molecule has 0 saturated carbocycles. The van der Waals surface area contributed by atoms with Crippen molar-refractivity contribution < 1.29 is 4.79 Å². The molecule has 1 fully saturated rings. The van der Waals surface area contributed by atoms with Gasteiger partial charge in [0.25, 0.3) is 0 Å².